The lowest BCUT2D eigenvalue weighted by atomic mass is 10.0. The second kappa shape index (κ2) is 11.3. The Bertz CT molecular complexity index is 1340. The number of carbonyl (C=O) groups excluding carboxylic acids is 1. The van der Waals surface area contributed by atoms with Gasteiger partial charge in [-0.3, -0.25) is 14.7 Å². The number of rotatable bonds is 7. The second-order valence-corrected chi connectivity index (χ2v) is 10.3. The molecule has 6 rings (SSSR count). The minimum Gasteiger partial charge on any atom is -0.449 e. The Hall–Kier alpha value is -3.84. The first-order valence-corrected chi connectivity index (χ1v) is 13.7. The van der Waals surface area contributed by atoms with Crippen LogP contribution in [0.4, 0.5) is 11.4 Å². The molecule has 2 fully saturated rings. The van der Waals surface area contributed by atoms with Crippen LogP contribution in [0, 0.1) is 0 Å². The molecule has 0 bridgehead atoms. The summed E-state index contributed by atoms with van der Waals surface area (Å²) in [6.07, 6.45) is 4.69. The predicted molar refractivity (Wildman–Crippen MR) is 152 cm³/mol. The van der Waals surface area contributed by atoms with Crippen LogP contribution in [0.2, 0.25) is 0 Å². The second-order valence-electron chi connectivity index (χ2n) is 10.3. The summed E-state index contributed by atoms with van der Waals surface area (Å²) in [5.74, 6) is 0.275. The van der Waals surface area contributed by atoms with E-state index in [1.165, 1.54) is 5.69 Å². The van der Waals surface area contributed by atoms with Crippen molar-refractivity contribution >= 4 is 28.3 Å². The maximum atomic E-state index is 13.1. The van der Waals surface area contributed by atoms with Crippen LogP contribution in [0.1, 0.15) is 29.1 Å². The van der Waals surface area contributed by atoms with Gasteiger partial charge in [0.05, 0.1) is 5.69 Å². The normalized spacial score (nSPS) is 17.2. The highest BCUT2D eigenvalue weighted by atomic mass is 16.3. The number of aromatic nitrogens is 1. The van der Waals surface area contributed by atoms with E-state index in [1.54, 1.807) is 0 Å². The molecule has 0 spiro atoms. The maximum Gasteiger partial charge on any atom is 0.287 e. The van der Waals surface area contributed by atoms with Crippen molar-refractivity contribution in [2.45, 2.75) is 25.3 Å². The average molecular weight is 510 g/mol. The van der Waals surface area contributed by atoms with Crippen LogP contribution in [0.3, 0.4) is 0 Å². The van der Waals surface area contributed by atoms with Gasteiger partial charge in [-0.15, -0.1) is 0 Å². The van der Waals surface area contributed by atoms with E-state index in [0.29, 0.717) is 5.76 Å². The van der Waals surface area contributed by atoms with Crippen LogP contribution in [-0.2, 0) is 6.42 Å². The smallest absolute Gasteiger partial charge is 0.287 e. The summed E-state index contributed by atoms with van der Waals surface area (Å²) in [7, 11) is 0. The van der Waals surface area contributed by atoms with Crippen molar-refractivity contribution in [1.29, 1.82) is 0 Å². The van der Waals surface area contributed by atoms with Crippen molar-refractivity contribution in [2.75, 3.05) is 55.6 Å². The maximum absolute atomic E-state index is 13.1. The fourth-order valence-electron chi connectivity index (χ4n) is 5.62. The number of anilines is 2. The molecular weight excluding hydrogens is 474 g/mol. The number of fused-ring (bicyclic) bond motifs is 1. The number of nitrogens with one attached hydrogen (secondary N) is 1. The third-order valence-electron chi connectivity index (χ3n) is 7.82. The zero-order chi connectivity index (χ0) is 25.7. The van der Waals surface area contributed by atoms with Gasteiger partial charge >= 0.3 is 0 Å². The van der Waals surface area contributed by atoms with E-state index in [9.17, 15) is 4.79 Å². The molecular formula is C31H35N5O2. The van der Waals surface area contributed by atoms with Gasteiger partial charge in [-0.25, -0.2) is 0 Å². The summed E-state index contributed by atoms with van der Waals surface area (Å²) in [6, 6.07) is 24.8. The van der Waals surface area contributed by atoms with Gasteiger partial charge in [0.2, 0.25) is 0 Å². The van der Waals surface area contributed by atoms with Gasteiger partial charge in [-0.2, -0.15) is 0 Å². The third kappa shape index (κ3) is 5.53. The van der Waals surface area contributed by atoms with Crippen LogP contribution in [0.15, 0.2) is 83.4 Å². The fourth-order valence-corrected chi connectivity index (χ4v) is 5.62. The van der Waals surface area contributed by atoms with Gasteiger partial charge < -0.3 is 19.5 Å². The minimum atomic E-state index is -0.121. The van der Waals surface area contributed by atoms with E-state index >= 15 is 0 Å². The Balaban J connectivity index is 1.05. The molecule has 2 aliphatic heterocycles. The summed E-state index contributed by atoms with van der Waals surface area (Å²) in [4.78, 5) is 24.8. The SMILES string of the molecule is O=C(NC1CCN(c2ccccc2)CC1)c1cc2cccc(N3CCN(CCc4ccccn4)CC3)c2o1. The van der Waals surface area contributed by atoms with Gasteiger partial charge in [-0.1, -0.05) is 36.4 Å². The van der Waals surface area contributed by atoms with E-state index in [1.807, 2.05) is 36.5 Å². The number of pyridine rings is 1. The molecule has 1 N–H and O–H groups in total. The van der Waals surface area contributed by atoms with Crippen LogP contribution in [0.5, 0.6) is 0 Å². The summed E-state index contributed by atoms with van der Waals surface area (Å²) < 4.78 is 6.19. The highest BCUT2D eigenvalue weighted by Gasteiger charge is 2.25. The predicted octanol–water partition coefficient (Wildman–Crippen LogP) is 4.59. The number of nitrogens with zero attached hydrogens (tertiary/aromatic N) is 4. The lowest BCUT2D eigenvalue weighted by Crippen LogP contribution is -2.47. The van der Waals surface area contributed by atoms with E-state index in [2.05, 4.69) is 67.5 Å². The Morgan fingerprint density at radius 2 is 1.66 bits per heavy atom. The van der Waals surface area contributed by atoms with Crippen LogP contribution >= 0.6 is 0 Å². The van der Waals surface area contributed by atoms with E-state index in [0.717, 1.165) is 87.4 Å². The first-order valence-electron chi connectivity index (χ1n) is 13.7. The number of carbonyl (C=O) groups is 1. The van der Waals surface area contributed by atoms with Gasteiger partial charge in [0.25, 0.3) is 5.91 Å². The van der Waals surface area contributed by atoms with E-state index < -0.39 is 0 Å². The van der Waals surface area contributed by atoms with Crippen molar-refractivity contribution in [3.63, 3.8) is 0 Å². The largest absolute Gasteiger partial charge is 0.449 e. The molecule has 196 valence electrons. The Kier molecular flexibility index (Phi) is 7.27. The molecule has 2 aromatic carbocycles. The van der Waals surface area contributed by atoms with Crippen molar-refractivity contribution in [3.05, 3.63) is 90.4 Å². The molecule has 38 heavy (non-hydrogen) atoms. The summed E-state index contributed by atoms with van der Waals surface area (Å²) in [5, 5.41) is 4.19. The van der Waals surface area contributed by atoms with Crippen molar-refractivity contribution in [3.8, 4) is 0 Å². The van der Waals surface area contributed by atoms with Crippen LogP contribution in [-0.4, -0.2) is 67.6 Å². The Labute approximate surface area is 224 Å². The Morgan fingerprint density at radius 1 is 0.868 bits per heavy atom. The molecule has 4 heterocycles. The van der Waals surface area contributed by atoms with Crippen LogP contribution < -0.4 is 15.1 Å². The molecule has 2 aliphatic rings. The van der Waals surface area contributed by atoms with E-state index in [-0.39, 0.29) is 11.9 Å². The monoisotopic (exact) mass is 509 g/mol. The number of hydrogen-bond donors (Lipinski definition) is 1. The zero-order valence-corrected chi connectivity index (χ0v) is 21.8. The fraction of sp³-hybridized carbons (Fsp3) is 0.355. The first kappa shape index (κ1) is 24.5. The molecule has 7 nitrogen and oxygen atoms in total. The molecule has 1 amide bonds. The lowest BCUT2D eigenvalue weighted by Gasteiger charge is -2.36. The summed E-state index contributed by atoms with van der Waals surface area (Å²) in [5.41, 5.74) is 4.26. The lowest BCUT2D eigenvalue weighted by molar-refractivity contribution is 0.0905. The van der Waals surface area contributed by atoms with E-state index in [4.69, 9.17) is 4.42 Å². The molecule has 0 unspecified atom stereocenters. The molecule has 0 saturated carbocycles. The van der Waals surface area contributed by atoms with Gasteiger partial charge in [-0.05, 0) is 49.2 Å². The molecule has 4 aromatic rings. The number of piperidine rings is 1. The molecule has 0 radical (unpaired) electrons. The topological polar surface area (TPSA) is 64.9 Å². The number of benzene rings is 2. The van der Waals surface area contributed by atoms with Gasteiger partial charge in [0.15, 0.2) is 11.3 Å². The quantitative estimate of drug-likeness (QED) is 0.393. The molecule has 0 atom stereocenters. The first-order chi connectivity index (χ1) is 18.7. The zero-order valence-electron chi connectivity index (χ0n) is 21.8. The third-order valence-corrected chi connectivity index (χ3v) is 7.82. The van der Waals surface area contributed by atoms with Crippen molar-refractivity contribution in [2.24, 2.45) is 0 Å². The summed E-state index contributed by atoms with van der Waals surface area (Å²) in [6.45, 7) is 6.76. The molecule has 7 heteroatoms. The minimum absolute atomic E-state index is 0.121. The molecule has 2 saturated heterocycles. The van der Waals surface area contributed by atoms with Gasteiger partial charge in [0, 0.05) is 81.2 Å². The highest BCUT2D eigenvalue weighted by Crippen LogP contribution is 2.31. The molecule has 0 aliphatic carbocycles. The number of hydrogen-bond acceptors (Lipinski definition) is 6. The number of furan rings is 1. The number of amides is 1. The van der Waals surface area contributed by atoms with Crippen molar-refractivity contribution < 1.29 is 9.21 Å². The van der Waals surface area contributed by atoms with Gasteiger partial charge in [0.1, 0.15) is 0 Å². The van der Waals surface area contributed by atoms with Crippen LogP contribution in [0.25, 0.3) is 11.0 Å². The highest BCUT2D eigenvalue weighted by molar-refractivity contribution is 5.99. The summed E-state index contributed by atoms with van der Waals surface area (Å²) >= 11 is 0. The Morgan fingerprint density at radius 3 is 2.42 bits per heavy atom. The molecule has 2 aromatic heterocycles. The van der Waals surface area contributed by atoms with Crippen molar-refractivity contribution in [1.82, 2.24) is 15.2 Å². The standard InChI is InChI=1S/C31H35N5O2/c37-31(33-26-13-17-35(18-14-26)27-9-2-1-3-10-27)29-23-24-7-6-11-28(30(24)38-29)36-21-19-34(20-22-36)16-12-25-8-4-5-15-32-25/h1-11,15,23,26H,12-14,16-22H2,(H,33,37). The average Bonchev–Trinajstić information content (AvgIpc) is 3.43. The number of para-hydroxylation sites is 2. The number of piperazine rings is 1.